The molecule has 0 aliphatic carbocycles. The van der Waals surface area contributed by atoms with Crippen molar-refractivity contribution in [2.24, 2.45) is 0 Å². The van der Waals surface area contributed by atoms with Crippen molar-refractivity contribution in [3.05, 3.63) is 23.8 Å². The smallest absolute Gasteiger partial charge is 0.182 e. The van der Waals surface area contributed by atoms with Gasteiger partial charge < -0.3 is 10.3 Å². The summed E-state index contributed by atoms with van der Waals surface area (Å²) in [5, 5.41) is 3.87. The number of nitrogens with one attached hydrogen (secondary N) is 2. The minimum absolute atomic E-state index is 0.625. The lowest BCUT2D eigenvalue weighted by Gasteiger charge is -2.02. The second kappa shape index (κ2) is 4.27. The average Bonchev–Trinajstić information content (AvgIpc) is 2.65. The molecule has 0 atom stereocenters. The Balaban J connectivity index is 2.20. The maximum atomic E-state index is 5.71. The molecule has 0 aromatic carbocycles. The van der Waals surface area contributed by atoms with E-state index in [1.165, 1.54) is 6.33 Å². The highest BCUT2D eigenvalue weighted by atomic mass is 35.5. The molecule has 2 N–H and O–H groups in total. The van der Waals surface area contributed by atoms with E-state index < -0.39 is 0 Å². The summed E-state index contributed by atoms with van der Waals surface area (Å²) in [6.07, 6.45) is 4.93. The van der Waals surface area contributed by atoms with Crippen LogP contribution in [-0.2, 0) is 0 Å². The highest BCUT2D eigenvalue weighted by Gasteiger charge is 2.03. The number of anilines is 1. The summed E-state index contributed by atoms with van der Waals surface area (Å²) < 4.78 is 0. The van der Waals surface area contributed by atoms with Crippen LogP contribution in [0.2, 0.25) is 0 Å². The molecule has 0 fully saturated rings. The van der Waals surface area contributed by atoms with Crippen molar-refractivity contribution in [2.45, 2.75) is 6.92 Å². The van der Waals surface area contributed by atoms with Crippen molar-refractivity contribution in [2.75, 3.05) is 11.9 Å². The summed E-state index contributed by atoms with van der Waals surface area (Å²) in [5.41, 5.74) is 1.46. The minimum atomic E-state index is 0.625. The number of hydrogen-bond donors (Lipinski definition) is 2. The van der Waals surface area contributed by atoms with Gasteiger partial charge in [0.25, 0.3) is 0 Å². The molecule has 0 aliphatic heterocycles. The van der Waals surface area contributed by atoms with Gasteiger partial charge in [0.2, 0.25) is 0 Å². The van der Waals surface area contributed by atoms with Crippen LogP contribution in [0.4, 0.5) is 5.82 Å². The Hall–Kier alpha value is -1.62. The van der Waals surface area contributed by atoms with Crippen LogP contribution in [0.3, 0.4) is 0 Å². The minimum Gasteiger partial charge on any atom is -0.365 e. The van der Waals surface area contributed by atoms with E-state index in [-0.39, 0.29) is 0 Å². The molecular weight excluding hydrogens is 214 g/mol. The van der Waals surface area contributed by atoms with Crippen LogP contribution in [0.25, 0.3) is 11.2 Å². The first kappa shape index (κ1) is 9.92. The number of aromatic nitrogens is 4. The fourth-order valence-electron chi connectivity index (χ4n) is 1.19. The van der Waals surface area contributed by atoms with Gasteiger partial charge in [-0.05, 0) is 6.92 Å². The van der Waals surface area contributed by atoms with Gasteiger partial charge in [0.05, 0.1) is 6.33 Å². The third kappa shape index (κ3) is 2.24. The lowest BCUT2D eigenvalue weighted by atomic mass is 10.4. The lowest BCUT2D eigenvalue weighted by Crippen LogP contribution is -2.02. The first-order valence-corrected chi connectivity index (χ1v) is 4.85. The van der Waals surface area contributed by atoms with Crippen molar-refractivity contribution >= 4 is 28.6 Å². The molecule has 15 heavy (non-hydrogen) atoms. The van der Waals surface area contributed by atoms with Crippen LogP contribution in [0.5, 0.6) is 0 Å². The topological polar surface area (TPSA) is 66.5 Å². The normalized spacial score (nSPS) is 12.0. The van der Waals surface area contributed by atoms with E-state index in [0.29, 0.717) is 12.2 Å². The summed E-state index contributed by atoms with van der Waals surface area (Å²) in [6, 6.07) is 0. The molecule has 0 bridgehead atoms. The summed E-state index contributed by atoms with van der Waals surface area (Å²) in [6.45, 7) is 2.45. The Bertz CT molecular complexity index is 486. The number of halogens is 1. The largest absolute Gasteiger partial charge is 0.365 e. The highest BCUT2D eigenvalue weighted by Crippen LogP contribution is 2.13. The van der Waals surface area contributed by atoms with E-state index in [4.69, 9.17) is 11.6 Å². The average molecular weight is 224 g/mol. The molecule has 2 heterocycles. The zero-order chi connectivity index (χ0) is 10.7. The quantitative estimate of drug-likeness (QED) is 0.834. The summed E-state index contributed by atoms with van der Waals surface area (Å²) in [5.74, 6) is 0.728. The molecule has 2 aromatic heterocycles. The van der Waals surface area contributed by atoms with E-state index in [0.717, 1.165) is 16.4 Å². The van der Waals surface area contributed by atoms with Gasteiger partial charge in [-0.15, -0.1) is 0 Å². The number of fused-ring (bicyclic) bond motifs is 1. The second-order valence-electron chi connectivity index (χ2n) is 3.00. The van der Waals surface area contributed by atoms with Crippen LogP contribution >= 0.6 is 11.6 Å². The number of allylic oxidation sites excluding steroid dienone is 1. The summed E-state index contributed by atoms with van der Waals surface area (Å²) in [7, 11) is 0. The van der Waals surface area contributed by atoms with Gasteiger partial charge in [0, 0.05) is 11.6 Å². The van der Waals surface area contributed by atoms with E-state index in [1.54, 1.807) is 6.33 Å². The molecule has 0 unspecified atom stereocenters. The number of rotatable bonds is 3. The molecule has 78 valence electrons. The SMILES string of the molecule is CC(Cl)=CCNc1ncnc2nc[nH]c12. The van der Waals surface area contributed by atoms with Gasteiger partial charge >= 0.3 is 0 Å². The molecule has 0 amide bonds. The Morgan fingerprint density at radius 3 is 3.20 bits per heavy atom. The molecule has 0 aliphatic rings. The number of imidazole rings is 1. The fourth-order valence-corrected chi connectivity index (χ4v) is 1.26. The van der Waals surface area contributed by atoms with E-state index in [1.807, 2.05) is 13.0 Å². The van der Waals surface area contributed by atoms with Crippen LogP contribution in [0.1, 0.15) is 6.92 Å². The van der Waals surface area contributed by atoms with Crippen LogP contribution in [0, 0.1) is 0 Å². The van der Waals surface area contributed by atoms with Gasteiger partial charge in [-0.1, -0.05) is 17.7 Å². The first-order chi connectivity index (χ1) is 7.27. The predicted octanol–water partition coefficient (Wildman–Crippen LogP) is 1.91. The van der Waals surface area contributed by atoms with Crippen molar-refractivity contribution in [3.8, 4) is 0 Å². The zero-order valence-corrected chi connectivity index (χ0v) is 8.91. The van der Waals surface area contributed by atoms with Crippen molar-refractivity contribution < 1.29 is 0 Å². The van der Waals surface area contributed by atoms with Gasteiger partial charge in [0.15, 0.2) is 11.5 Å². The fraction of sp³-hybridized carbons (Fsp3) is 0.222. The molecule has 0 radical (unpaired) electrons. The van der Waals surface area contributed by atoms with Crippen molar-refractivity contribution in [1.29, 1.82) is 0 Å². The number of aromatic amines is 1. The second-order valence-corrected chi connectivity index (χ2v) is 3.59. The summed E-state index contributed by atoms with van der Waals surface area (Å²) >= 11 is 5.71. The summed E-state index contributed by atoms with van der Waals surface area (Å²) in [4.78, 5) is 15.1. The third-order valence-corrected chi connectivity index (χ3v) is 2.03. The third-order valence-electron chi connectivity index (χ3n) is 1.88. The van der Waals surface area contributed by atoms with E-state index in [9.17, 15) is 0 Å². The molecule has 0 saturated carbocycles. The van der Waals surface area contributed by atoms with Gasteiger partial charge in [-0.25, -0.2) is 15.0 Å². The molecule has 2 rings (SSSR count). The Morgan fingerprint density at radius 1 is 1.53 bits per heavy atom. The van der Waals surface area contributed by atoms with Gasteiger partial charge in [-0.3, -0.25) is 0 Å². The van der Waals surface area contributed by atoms with Crippen molar-refractivity contribution in [3.63, 3.8) is 0 Å². The predicted molar refractivity (Wildman–Crippen MR) is 59.8 cm³/mol. The van der Waals surface area contributed by atoms with Crippen LogP contribution in [0.15, 0.2) is 23.8 Å². The maximum Gasteiger partial charge on any atom is 0.182 e. The van der Waals surface area contributed by atoms with Crippen LogP contribution in [-0.4, -0.2) is 26.5 Å². The van der Waals surface area contributed by atoms with Crippen molar-refractivity contribution in [1.82, 2.24) is 19.9 Å². The molecule has 2 aromatic rings. The number of nitrogens with zero attached hydrogens (tertiary/aromatic N) is 3. The number of hydrogen-bond acceptors (Lipinski definition) is 4. The van der Waals surface area contributed by atoms with Gasteiger partial charge in [0.1, 0.15) is 11.8 Å². The lowest BCUT2D eigenvalue weighted by molar-refractivity contribution is 1.17. The Kier molecular flexibility index (Phi) is 2.82. The maximum absolute atomic E-state index is 5.71. The standard InChI is InChI=1S/C9H10ClN5/c1-6(10)2-3-11-8-7-9(13-4-12-7)15-5-14-8/h2,4-5H,3H2,1H3,(H2,11,12,13,14,15). The Labute approximate surface area is 91.6 Å². The monoisotopic (exact) mass is 223 g/mol. The van der Waals surface area contributed by atoms with E-state index >= 15 is 0 Å². The Morgan fingerprint density at radius 2 is 2.40 bits per heavy atom. The van der Waals surface area contributed by atoms with E-state index in [2.05, 4.69) is 25.3 Å². The molecule has 5 nitrogen and oxygen atoms in total. The first-order valence-electron chi connectivity index (χ1n) is 4.47. The number of H-pyrrole nitrogens is 1. The molecular formula is C9H10ClN5. The zero-order valence-electron chi connectivity index (χ0n) is 8.16. The molecule has 0 spiro atoms. The van der Waals surface area contributed by atoms with Crippen LogP contribution < -0.4 is 5.32 Å². The highest BCUT2D eigenvalue weighted by molar-refractivity contribution is 6.29. The molecule has 0 saturated heterocycles. The molecule has 6 heteroatoms. The van der Waals surface area contributed by atoms with Gasteiger partial charge in [-0.2, -0.15) is 0 Å².